The number of rotatable bonds is 6. The van der Waals surface area contributed by atoms with Crippen molar-refractivity contribution in [3.63, 3.8) is 0 Å². The average molecular weight is 512 g/mol. The van der Waals surface area contributed by atoms with Crippen LogP contribution in [-0.4, -0.2) is 60.5 Å². The Bertz CT molecular complexity index is 1530. The number of hydrogen-bond acceptors (Lipinski definition) is 5. The fraction of sp³-hybridized carbons (Fsp3) is 0.267. The third-order valence-electron chi connectivity index (χ3n) is 7.60. The van der Waals surface area contributed by atoms with Crippen LogP contribution in [0.1, 0.15) is 28.4 Å². The fourth-order valence-electron chi connectivity index (χ4n) is 5.86. The van der Waals surface area contributed by atoms with Gasteiger partial charge in [0.25, 0.3) is 0 Å². The van der Waals surface area contributed by atoms with Crippen molar-refractivity contribution in [2.24, 2.45) is 0 Å². The quantitative estimate of drug-likeness (QED) is 0.422. The lowest BCUT2D eigenvalue weighted by molar-refractivity contribution is -0.159. The number of methoxy groups -OCH3 is 3. The zero-order valence-corrected chi connectivity index (χ0v) is 21.6. The number of aromatic amines is 1. The van der Waals surface area contributed by atoms with Gasteiger partial charge in [-0.3, -0.25) is 9.59 Å². The summed E-state index contributed by atoms with van der Waals surface area (Å²) in [5.41, 5.74) is 4.63. The Morgan fingerprint density at radius 1 is 0.895 bits per heavy atom. The first kappa shape index (κ1) is 23.9. The van der Waals surface area contributed by atoms with E-state index in [1.807, 2.05) is 60.7 Å². The summed E-state index contributed by atoms with van der Waals surface area (Å²) in [6.45, 7) is 0.354. The topological polar surface area (TPSA) is 84.1 Å². The number of nitrogens with one attached hydrogen (secondary N) is 1. The van der Waals surface area contributed by atoms with Gasteiger partial charge in [0.15, 0.2) is 11.5 Å². The lowest BCUT2D eigenvalue weighted by Gasteiger charge is -2.47. The third kappa shape index (κ3) is 3.75. The van der Waals surface area contributed by atoms with Gasteiger partial charge in [0.2, 0.25) is 11.8 Å². The summed E-state index contributed by atoms with van der Waals surface area (Å²) in [5, 5.41) is 1.06. The second kappa shape index (κ2) is 9.45. The Balaban J connectivity index is 1.46. The summed E-state index contributed by atoms with van der Waals surface area (Å²) >= 11 is 0. The first-order valence-corrected chi connectivity index (χ1v) is 12.6. The van der Waals surface area contributed by atoms with Crippen LogP contribution >= 0.6 is 0 Å². The Morgan fingerprint density at radius 3 is 2.42 bits per heavy atom. The molecule has 1 N–H and O–H groups in total. The van der Waals surface area contributed by atoms with Crippen LogP contribution in [0.4, 0.5) is 0 Å². The largest absolute Gasteiger partial charge is 0.497 e. The van der Waals surface area contributed by atoms with Gasteiger partial charge in [-0.25, -0.2) is 0 Å². The number of nitrogens with zero attached hydrogens (tertiary/aromatic N) is 2. The molecule has 38 heavy (non-hydrogen) atoms. The van der Waals surface area contributed by atoms with E-state index in [0.29, 0.717) is 24.5 Å². The van der Waals surface area contributed by atoms with Crippen molar-refractivity contribution in [2.75, 3.05) is 27.9 Å². The normalized spacial score (nSPS) is 18.8. The summed E-state index contributed by atoms with van der Waals surface area (Å²) < 4.78 is 16.6. The third-order valence-corrected chi connectivity index (χ3v) is 7.60. The highest BCUT2D eigenvalue weighted by atomic mass is 16.5. The summed E-state index contributed by atoms with van der Waals surface area (Å²) in [5.74, 6) is 1.69. The molecule has 0 spiro atoms. The number of carbonyl (C=O) groups excluding carboxylic acids is 2. The fourth-order valence-corrected chi connectivity index (χ4v) is 5.86. The predicted molar refractivity (Wildman–Crippen MR) is 142 cm³/mol. The number of para-hydroxylation sites is 2. The van der Waals surface area contributed by atoms with Crippen LogP contribution in [0.5, 0.6) is 17.2 Å². The molecule has 3 heterocycles. The molecule has 8 heteroatoms. The van der Waals surface area contributed by atoms with Crippen LogP contribution in [0.25, 0.3) is 10.9 Å². The van der Waals surface area contributed by atoms with Crippen LogP contribution in [0.15, 0.2) is 66.7 Å². The molecule has 1 unspecified atom stereocenters. The van der Waals surface area contributed by atoms with Gasteiger partial charge in [0.05, 0.1) is 21.3 Å². The Morgan fingerprint density at radius 2 is 1.68 bits per heavy atom. The predicted octanol–water partition coefficient (Wildman–Crippen LogP) is 4.08. The van der Waals surface area contributed by atoms with Crippen molar-refractivity contribution < 1.29 is 23.8 Å². The molecule has 0 saturated carbocycles. The summed E-state index contributed by atoms with van der Waals surface area (Å²) in [6.07, 6.45) is 0.436. The van der Waals surface area contributed by atoms with Crippen LogP contribution < -0.4 is 14.2 Å². The Hall–Kier alpha value is -4.46. The lowest BCUT2D eigenvalue weighted by atomic mass is 9.85. The standard InChI is InChI=1S/C30H29N3O5/c1-36-19-13-11-18(12-14-19)16-32-17-26(34)33-24(30(32)35)15-22-20-7-4-5-9-23(20)31-27(22)28(33)21-8-6-10-25(37-2)29(21)38-3/h4-14,24,28,31H,15-17H2,1-3H3/t24-,28?/m0/s1. The number of H-pyrrole nitrogens is 1. The molecular weight excluding hydrogens is 482 g/mol. The van der Waals surface area contributed by atoms with Crippen molar-refractivity contribution >= 4 is 22.7 Å². The highest BCUT2D eigenvalue weighted by Crippen LogP contribution is 2.47. The maximum absolute atomic E-state index is 14.0. The van der Waals surface area contributed by atoms with E-state index in [2.05, 4.69) is 11.1 Å². The summed E-state index contributed by atoms with van der Waals surface area (Å²) in [7, 11) is 4.80. The van der Waals surface area contributed by atoms with Gasteiger partial charge in [-0.15, -0.1) is 0 Å². The molecular formula is C30H29N3O5. The van der Waals surface area contributed by atoms with Crippen LogP contribution in [-0.2, 0) is 22.6 Å². The van der Waals surface area contributed by atoms with Gasteiger partial charge < -0.3 is 29.0 Å². The molecule has 6 rings (SSSR count). The number of carbonyl (C=O) groups is 2. The van der Waals surface area contributed by atoms with E-state index in [0.717, 1.165) is 39.0 Å². The van der Waals surface area contributed by atoms with Crippen LogP contribution in [0.3, 0.4) is 0 Å². The van der Waals surface area contributed by atoms with E-state index < -0.39 is 12.1 Å². The smallest absolute Gasteiger partial charge is 0.246 e. The van der Waals surface area contributed by atoms with Crippen molar-refractivity contribution in [1.29, 1.82) is 0 Å². The molecule has 1 fully saturated rings. The van der Waals surface area contributed by atoms with E-state index in [1.54, 1.807) is 31.1 Å². The minimum absolute atomic E-state index is 0.000289. The monoisotopic (exact) mass is 511 g/mol. The molecule has 1 saturated heterocycles. The SMILES string of the molecule is COc1ccc(CN2CC(=O)N3C(c4cccc(OC)c4OC)c4[nH]c5ccccc5c4C[C@H]3C2=O)cc1. The molecule has 8 nitrogen and oxygen atoms in total. The van der Waals surface area contributed by atoms with E-state index in [-0.39, 0.29) is 18.4 Å². The number of amides is 2. The highest BCUT2D eigenvalue weighted by Gasteiger charge is 2.49. The van der Waals surface area contributed by atoms with Crippen molar-refractivity contribution in [3.05, 3.63) is 89.1 Å². The zero-order chi connectivity index (χ0) is 26.4. The van der Waals surface area contributed by atoms with Crippen molar-refractivity contribution in [3.8, 4) is 17.2 Å². The molecule has 194 valence electrons. The number of piperazine rings is 1. The van der Waals surface area contributed by atoms with Gasteiger partial charge in [0, 0.05) is 35.1 Å². The Labute approximate surface area is 220 Å². The number of hydrogen-bond donors (Lipinski definition) is 1. The van der Waals surface area contributed by atoms with Gasteiger partial charge in [-0.1, -0.05) is 42.5 Å². The van der Waals surface area contributed by atoms with E-state index in [4.69, 9.17) is 14.2 Å². The van der Waals surface area contributed by atoms with Gasteiger partial charge in [-0.05, 0) is 35.4 Å². The van der Waals surface area contributed by atoms with E-state index in [9.17, 15) is 9.59 Å². The first-order chi connectivity index (χ1) is 18.5. The summed E-state index contributed by atoms with van der Waals surface area (Å²) in [6, 6.07) is 20.1. The van der Waals surface area contributed by atoms with Crippen molar-refractivity contribution in [2.45, 2.75) is 25.0 Å². The van der Waals surface area contributed by atoms with Crippen molar-refractivity contribution in [1.82, 2.24) is 14.8 Å². The minimum atomic E-state index is -0.637. The molecule has 0 aliphatic carbocycles. The molecule has 1 aromatic heterocycles. The molecule has 2 amide bonds. The number of aromatic nitrogens is 1. The molecule has 0 radical (unpaired) electrons. The minimum Gasteiger partial charge on any atom is -0.497 e. The van der Waals surface area contributed by atoms with Gasteiger partial charge in [0.1, 0.15) is 24.4 Å². The van der Waals surface area contributed by atoms with Crippen LogP contribution in [0.2, 0.25) is 0 Å². The molecule has 0 bridgehead atoms. The maximum atomic E-state index is 14.0. The number of benzene rings is 3. The van der Waals surface area contributed by atoms with Gasteiger partial charge in [-0.2, -0.15) is 0 Å². The molecule has 2 aliphatic heterocycles. The molecule has 4 aromatic rings. The average Bonchev–Trinajstić information content (AvgIpc) is 3.33. The number of ether oxygens (including phenoxy) is 3. The maximum Gasteiger partial charge on any atom is 0.246 e. The molecule has 3 aromatic carbocycles. The van der Waals surface area contributed by atoms with Crippen LogP contribution in [0, 0.1) is 0 Å². The lowest BCUT2D eigenvalue weighted by Crippen LogP contribution is -2.62. The second-order valence-electron chi connectivity index (χ2n) is 9.61. The van der Waals surface area contributed by atoms with E-state index in [1.165, 1.54) is 0 Å². The zero-order valence-electron chi connectivity index (χ0n) is 21.6. The molecule has 2 aliphatic rings. The van der Waals surface area contributed by atoms with E-state index >= 15 is 0 Å². The summed E-state index contributed by atoms with van der Waals surface area (Å²) in [4.78, 5) is 34.8. The second-order valence-corrected chi connectivity index (χ2v) is 9.61. The number of fused-ring (bicyclic) bond motifs is 4. The first-order valence-electron chi connectivity index (χ1n) is 12.6. The van der Waals surface area contributed by atoms with Gasteiger partial charge >= 0.3 is 0 Å². The molecule has 2 atom stereocenters. The Kier molecular flexibility index (Phi) is 5.94. The highest BCUT2D eigenvalue weighted by molar-refractivity contribution is 5.97.